The molecule has 0 aromatic heterocycles. The lowest BCUT2D eigenvalue weighted by atomic mass is 10.2. The summed E-state index contributed by atoms with van der Waals surface area (Å²) >= 11 is 0. The van der Waals surface area contributed by atoms with Crippen LogP contribution < -0.4 is 10.1 Å². The van der Waals surface area contributed by atoms with Crippen molar-refractivity contribution in [1.82, 2.24) is 4.31 Å². The lowest BCUT2D eigenvalue weighted by Crippen LogP contribution is -2.35. The Bertz CT molecular complexity index is 904. The molecule has 1 saturated heterocycles. The Morgan fingerprint density at radius 2 is 1.79 bits per heavy atom. The second kappa shape index (κ2) is 9.21. The first-order valence-electron chi connectivity index (χ1n) is 9.55. The number of rotatable bonds is 7. The van der Waals surface area contributed by atoms with Crippen LogP contribution in [-0.4, -0.2) is 38.3 Å². The third-order valence-electron chi connectivity index (χ3n) is 4.68. The second-order valence-corrected chi connectivity index (χ2v) is 8.89. The lowest BCUT2D eigenvalue weighted by Gasteiger charge is -2.25. The van der Waals surface area contributed by atoms with Gasteiger partial charge in [-0.25, -0.2) is 8.42 Å². The molecule has 1 aliphatic heterocycles. The first-order valence-corrected chi connectivity index (χ1v) is 11.0. The number of aryl methyl sites for hydroxylation is 1. The van der Waals surface area contributed by atoms with Crippen LogP contribution in [0.1, 0.15) is 31.2 Å². The smallest absolute Gasteiger partial charge is 0.243 e. The summed E-state index contributed by atoms with van der Waals surface area (Å²) in [6.45, 7) is 3.40. The molecule has 1 fully saturated rings. The number of benzene rings is 2. The molecule has 1 heterocycles. The van der Waals surface area contributed by atoms with Crippen molar-refractivity contribution in [3.63, 3.8) is 0 Å². The van der Waals surface area contributed by atoms with Gasteiger partial charge in [-0.2, -0.15) is 4.31 Å². The van der Waals surface area contributed by atoms with Crippen molar-refractivity contribution in [3.05, 3.63) is 54.1 Å². The molecule has 0 unspecified atom stereocenters. The monoisotopic (exact) mass is 402 g/mol. The molecule has 1 aliphatic rings. The van der Waals surface area contributed by atoms with Crippen LogP contribution in [0.4, 0.5) is 5.69 Å². The standard InChI is InChI=1S/C21H26N2O4S/c1-17-6-5-7-19(16-17)27-15-12-21(24)22-18-8-10-20(11-9-18)28(25,26)23-13-3-2-4-14-23/h5-11,16H,2-4,12-15H2,1H3,(H,22,24). The normalized spacial score (nSPS) is 15.2. The molecule has 0 saturated carbocycles. The number of ether oxygens (including phenoxy) is 1. The molecule has 1 amide bonds. The summed E-state index contributed by atoms with van der Waals surface area (Å²) in [5, 5.41) is 2.77. The topological polar surface area (TPSA) is 75.7 Å². The number of anilines is 1. The second-order valence-electron chi connectivity index (χ2n) is 6.95. The third kappa shape index (κ3) is 5.33. The average molecular weight is 403 g/mol. The van der Waals surface area contributed by atoms with Gasteiger partial charge in [-0.05, 0) is 61.7 Å². The summed E-state index contributed by atoms with van der Waals surface area (Å²) in [6.07, 6.45) is 3.09. The first kappa shape index (κ1) is 20.4. The predicted octanol–water partition coefficient (Wildman–Crippen LogP) is 3.58. The van der Waals surface area contributed by atoms with Crippen molar-refractivity contribution in [1.29, 1.82) is 0 Å². The van der Waals surface area contributed by atoms with Crippen LogP contribution in [0.3, 0.4) is 0 Å². The molecular weight excluding hydrogens is 376 g/mol. The molecule has 2 aromatic rings. The van der Waals surface area contributed by atoms with Gasteiger partial charge >= 0.3 is 0 Å². The van der Waals surface area contributed by atoms with E-state index < -0.39 is 10.0 Å². The van der Waals surface area contributed by atoms with Crippen LogP contribution in [-0.2, 0) is 14.8 Å². The number of nitrogens with zero attached hydrogens (tertiary/aromatic N) is 1. The largest absolute Gasteiger partial charge is 0.493 e. The number of nitrogens with one attached hydrogen (secondary N) is 1. The molecule has 0 spiro atoms. The number of hydrogen-bond acceptors (Lipinski definition) is 4. The highest BCUT2D eigenvalue weighted by Crippen LogP contribution is 2.22. The van der Waals surface area contributed by atoms with Crippen LogP contribution in [0.5, 0.6) is 5.75 Å². The van der Waals surface area contributed by atoms with Crippen molar-refractivity contribution in [2.45, 2.75) is 37.5 Å². The van der Waals surface area contributed by atoms with Crippen molar-refractivity contribution >= 4 is 21.6 Å². The fraction of sp³-hybridized carbons (Fsp3) is 0.381. The molecule has 150 valence electrons. The fourth-order valence-corrected chi connectivity index (χ4v) is 4.67. The summed E-state index contributed by atoms with van der Waals surface area (Å²) in [7, 11) is -3.46. The van der Waals surface area contributed by atoms with E-state index in [0.717, 1.165) is 30.6 Å². The van der Waals surface area contributed by atoms with E-state index in [1.165, 1.54) is 4.31 Å². The van der Waals surface area contributed by atoms with E-state index in [9.17, 15) is 13.2 Å². The summed E-state index contributed by atoms with van der Waals surface area (Å²) in [5.74, 6) is 0.555. The lowest BCUT2D eigenvalue weighted by molar-refractivity contribution is -0.116. The zero-order chi connectivity index (χ0) is 20.0. The first-order chi connectivity index (χ1) is 13.4. The Morgan fingerprint density at radius 3 is 2.46 bits per heavy atom. The Labute approximate surface area is 166 Å². The van der Waals surface area contributed by atoms with E-state index in [1.807, 2.05) is 31.2 Å². The average Bonchev–Trinajstić information content (AvgIpc) is 2.69. The van der Waals surface area contributed by atoms with Crippen molar-refractivity contribution in [3.8, 4) is 5.75 Å². The predicted molar refractivity (Wildman–Crippen MR) is 109 cm³/mol. The number of amides is 1. The third-order valence-corrected chi connectivity index (χ3v) is 6.59. The highest BCUT2D eigenvalue weighted by Gasteiger charge is 2.25. The van der Waals surface area contributed by atoms with Gasteiger partial charge < -0.3 is 10.1 Å². The minimum absolute atomic E-state index is 0.181. The van der Waals surface area contributed by atoms with E-state index in [1.54, 1.807) is 24.3 Å². The summed E-state index contributed by atoms with van der Waals surface area (Å²) in [5.41, 5.74) is 1.67. The highest BCUT2D eigenvalue weighted by molar-refractivity contribution is 7.89. The maximum absolute atomic E-state index is 12.6. The maximum atomic E-state index is 12.6. The highest BCUT2D eigenvalue weighted by atomic mass is 32.2. The van der Waals surface area contributed by atoms with Gasteiger partial charge in [-0.1, -0.05) is 18.6 Å². The quantitative estimate of drug-likeness (QED) is 0.768. The van der Waals surface area contributed by atoms with E-state index in [-0.39, 0.29) is 23.8 Å². The molecule has 28 heavy (non-hydrogen) atoms. The van der Waals surface area contributed by atoms with Gasteiger partial charge in [-0.3, -0.25) is 4.79 Å². The van der Waals surface area contributed by atoms with Crippen LogP contribution in [0.2, 0.25) is 0 Å². The minimum Gasteiger partial charge on any atom is -0.493 e. The van der Waals surface area contributed by atoms with Gasteiger partial charge in [0.05, 0.1) is 17.9 Å². The molecular formula is C21H26N2O4S. The van der Waals surface area contributed by atoms with E-state index in [2.05, 4.69) is 5.32 Å². The van der Waals surface area contributed by atoms with Gasteiger partial charge in [0, 0.05) is 18.8 Å². The Morgan fingerprint density at radius 1 is 1.07 bits per heavy atom. The molecule has 0 atom stereocenters. The molecule has 3 rings (SSSR count). The Kier molecular flexibility index (Phi) is 6.70. The van der Waals surface area contributed by atoms with Crippen molar-refractivity contribution in [2.75, 3.05) is 25.0 Å². The van der Waals surface area contributed by atoms with Gasteiger partial charge in [0.1, 0.15) is 5.75 Å². The Balaban J connectivity index is 1.51. The van der Waals surface area contributed by atoms with E-state index >= 15 is 0 Å². The van der Waals surface area contributed by atoms with E-state index in [4.69, 9.17) is 4.74 Å². The van der Waals surface area contributed by atoms with Crippen LogP contribution >= 0.6 is 0 Å². The fourth-order valence-electron chi connectivity index (χ4n) is 3.15. The molecule has 6 nitrogen and oxygen atoms in total. The SMILES string of the molecule is Cc1cccc(OCCC(=O)Nc2ccc(S(=O)(=O)N3CCCCC3)cc2)c1. The number of piperidine rings is 1. The van der Waals surface area contributed by atoms with Gasteiger partial charge in [0.15, 0.2) is 0 Å². The van der Waals surface area contributed by atoms with Crippen LogP contribution in [0.15, 0.2) is 53.4 Å². The Hall–Kier alpha value is -2.38. The summed E-state index contributed by atoms with van der Waals surface area (Å²) in [6, 6.07) is 14.0. The number of carbonyl (C=O) groups excluding carboxylic acids is 1. The number of sulfonamides is 1. The number of carbonyl (C=O) groups is 1. The molecule has 2 aromatic carbocycles. The van der Waals surface area contributed by atoms with Gasteiger partial charge in [-0.15, -0.1) is 0 Å². The summed E-state index contributed by atoms with van der Waals surface area (Å²) in [4.78, 5) is 12.3. The maximum Gasteiger partial charge on any atom is 0.243 e. The van der Waals surface area contributed by atoms with E-state index in [0.29, 0.717) is 18.8 Å². The molecule has 0 bridgehead atoms. The van der Waals surface area contributed by atoms with Gasteiger partial charge in [0.25, 0.3) is 0 Å². The molecule has 0 radical (unpaired) electrons. The van der Waals surface area contributed by atoms with Crippen molar-refractivity contribution < 1.29 is 17.9 Å². The summed E-state index contributed by atoms with van der Waals surface area (Å²) < 4.78 is 32.4. The van der Waals surface area contributed by atoms with Crippen LogP contribution in [0, 0.1) is 6.92 Å². The van der Waals surface area contributed by atoms with Gasteiger partial charge in [0.2, 0.25) is 15.9 Å². The zero-order valence-corrected chi connectivity index (χ0v) is 16.9. The van der Waals surface area contributed by atoms with Crippen LogP contribution in [0.25, 0.3) is 0 Å². The molecule has 1 N–H and O–H groups in total. The minimum atomic E-state index is -3.46. The molecule has 7 heteroatoms. The van der Waals surface area contributed by atoms with Crippen molar-refractivity contribution in [2.24, 2.45) is 0 Å². The zero-order valence-electron chi connectivity index (χ0n) is 16.1. The molecule has 0 aliphatic carbocycles. The number of hydrogen-bond donors (Lipinski definition) is 1.